The molecule has 1 heterocycles. The van der Waals surface area contributed by atoms with Crippen molar-refractivity contribution in [3.8, 4) is 0 Å². The van der Waals surface area contributed by atoms with Crippen LogP contribution in [0.1, 0.15) is 0 Å². The Balaban J connectivity index is 0. The molecule has 18 heavy (non-hydrogen) atoms. The van der Waals surface area contributed by atoms with Crippen LogP contribution >= 0.6 is 7.82 Å². The molecule has 9 nitrogen and oxygen atoms in total. The molecule has 0 radical (unpaired) electrons. The first kappa shape index (κ1) is 21.6. The Kier molecular flexibility index (Phi) is 10.2. The minimum atomic E-state index is -5.56. The molecule has 12 heteroatoms. The number of aliphatic hydroxyl groups excluding tert-OH is 2. The van der Waals surface area contributed by atoms with E-state index < -0.39 is 44.1 Å². The molecule has 0 aromatic heterocycles. The summed E-state index contributed by atoms with van der Waals surface area (Å²) in [7, 11) is -5.56. The number of phosphoric acid groups is 1. The summed E-state index contributed by atoms with van der Waals surface area (Å²) in [5.41, 5.74) is 0. The third kappa shape index (κ3) is 5.73. The molecule has 0 aromatic rings. The number of cyclic esters (lactones) is 1. The van der Waals surface area contributed by atoms with Crippen LogP contribution in [-0.2, 0) is 18.6 Å². The van der Waals surface area contributed by atoms with E-state index in [4.69, 9.17) is 10.2 Å². The zero-order valence-corrected chi connectivity index (χ0v) is 14.7. The molecule has 0 saturated heterocycles. The number of hydrogen-bond acceptors (Lipinski definition) is 9. The summed E-state index contributed by atoms with van der Waals surface area (Å²) < 4.78 is 18.0. The number of rotatable bonds is 4. The number of hydrogen-bond donors (Lipinski definition) is 2. The molecule has 0 amide bonds. The molecule has 0 fully saturated rings. The molecule has 1 aliphatic rings. The van der Waals surface area contributed by atoms with Crippen LogP contribution in [0.15, 0.2) is 11.5 Å². The minimum Gasteiger partial charge on any atom is -0.870 e. The van der Waals surface area contributed by atoms with Gasteiger partial charge in [-0.3, -0.25) is 0 Å². The second kappa shape index (κ2) is 8.54. The van der Waals surface area contributed by atoms with Gasteiger partial charge in [0.15, 0.2) is 0 Å². The maximum atomic E-state index is 11.2. The van der Waals surface area contributed by atoms with E-state index >= 15 is 0 Å². The fourth-order valence-corrected chi connectivity index (χ4v) is 1.38. The zero-order valence-electron chi connectivity index (χ0n) is 9.27. The third-order valence-corrected chi connectivity index (χ3v) is 2.05. The smallest absolute Gasteiger partial charge is 0.870 e. The van der Waals surface area contributed by atoms with Crippen LogP contribution in [0.4, 0.5) is 0 Å². The van der Waals surface area contributed by atoms with Crippen molar-refractivity contribution in [2.24, 2.45) is 0 Å². The van der Waals surface area contributed by atoms with Crippen LogP contribution in [0.2, 0.25) is 0 Å². The van der Waals surface area contributed by atoms with Crippen molar-refractivity contribution in [1.82, 2.24) is 0 Å². The molecule has 2 atom stereocenters. The molecule has 0 unspecified atom stereocenters. The molecule has 0 saturated carbocycles. The quantitative estimate of drug-likeness (QED) is 0.291. The van der Waals surface area contributed by atoms with Gasteiger partial charge in [0, 0.05) is 0 Å². The Labute approximate surface area is 160 Å². The summed E-state index contributed by atoms with van der Waals surface area (Å²) in [5, 5.41) is 28.7. The molecular weight excluding hydrogens is 310 g/mol. The standard InChI is InChI=1S/C6H9O9P.K.Mg/c7-1-2(8)4-3(9)5(6(10)14-4)15-16(11,12)13;;/h2,4,7-9H,1H2,(H2,11,12,13);;/q;+1;+2/p-3/t2-,4+;;/m0../s1. The fraction of sp³-hybridized carbons (Fsp3) is 0.500. The van der Waals surface area contributed by atoms with Crippen molar-refractivity contribution in [2.75, 3.05) is 6.61 Å². The average Bonchev–Trinajstić information content (AvgIpc) is 2.42. The van der Waals surface area contributed by atoms with Gasteiger partial charge in [-0.1, -0.05) is 0 Å². The van der Waals surface area contributed by atoms with Crippen LogP contribution < -0.4 is 66.3 Å². The van der Waals surface area contributed by atoms with E-state index in [1.54, 1.807) is 0 Å². The molecular formula is C6H6KMgO9P. The van der Waals surface area contributed by atoms with Crippen molar-refractivity contribution in [1.29, 1.82) is 0 Å². The topological polar surface area (TPSA) is 162 Å². The Morgan fingerprint density at radius 3 is 2.39 bits per heavy atom. The first-order valence-electron chi connectivity index (χ1n) is 3.89. The maximum Gasteiger partial charge on any atom is 2.00 e. The Bertz CT molecular complexity index is 379. The van der Waals surface area contributed by atoms with Crippen molar-refractivity contribution in [2.45, 2.75) is 12.2 Å². The van der Waals surface area contributed by atoms with Gasteiger partial charge in [0.1, 0.15) is 20.0 Å². The molecule has 0 bridgehead atoms. The number of esters is 1. The maximum absolute atomic E-state index is 11.2. The number of aliphatic hydroxyl groups is 2. The SMILES string of the molecule is O=C1O[C@H]([C@@H](O)CO)C([O-])=C1OP(=O)([O-])[O-].[K+].[Mg+2]. The van der Waals surface area contributed by atoms with Crippen LogP contribution in [-0.4, -0.2) is 58.0 Å². The Morgan fingerprint density at radius 1 is 1.50 bits per heavy atom. The molecule has 0 aromatic carbocycles. The van der Waals surface area contributed by atoms with Crippen molar-refractivity contribution >= 4 is 36.8 Å². The minimum absolute atomic E-state index is 0. The molecule has 92 valence electrons. The fourth-order valence-electron chi connectivity index (χ4n) is 0.995. The van der Waals surface area contributed by atoms with E-state index in [1.807, 2.05) is 0 Å². The second-order valence-electron chi connectivity index (χ2n) is 2.81. The summed E-state index contributed by atoms with van der Waals surface area (Å²) in [4.78, 5) is 31.3. The van der Waals surface area contributed by atoms with E-state index in [0.717, 1.165) is 0 Å². The number of carbonyl (C=O) groups excluding carboxylic acids is 1. The molecule has 0 aliphatic carbocycles. The third-order valence-electron chi connectivity index (χ3n) is 1.64. The molecule has 1 aliphatic heterocycles. The first-order valence-corrected chi connectivity index (χ1v) is 5.35. The van der Waals surface area contributed by atoms with Gasteiger partial charge in [-0.15, -0.1) is 0 Å². The van der Waals surface area contributed by atoms with Gasteiger partial charge in [-0.05, 0) is 5.76 Å². The van der Waals surface area contributed by atoms with Crippen LogP contribution in [0.3, 0.4) is 0 Å². The number of phosphoric ester groups is 1. The van der Waals surface area contributed by atoms with Crippen molar-refractivity contribution in [3.05, 3.63) is 11.5 Å². The largest absolute Gasteiger partial charge is 2.00 e. The Hall–Kier alpha value is 1.28. The van der Waals surface area contributed by atoms with Crippen molar-refractivity contribution < 1.29 is 95.1 Å². The van der Waals surface area contributed by atoms with E-state index in [1.165, 1.54) is 0 Å². The van der Waals surface area contributed by atoms with Crippen LogP contribution in [0.25, 0.3) is 0 Å². The van der Waals surface area contributed by atoms with E-state index in [0.29, 0.717) is 0 Å². The van der Waals surface area contributed by atoms with Gasteiger partial charge in [0.25, 0.3) is 0 Å². The van der Waals surface area contributed by atoms with E-state index in [2.05, 4.69) is 9.26 Å². The predicted octanol–water partition coefficient (Wildman–Crippen LogP) is -7.69. The zero-order chi connectivity index (χ0) is 12.5. The predicted molar refractivity (Wildman–Crippen MR) is 44.4 cm³/mol. The van der Waals surface area contributed by atoms with Crippen molar-refractivity contribution in [3.63, 3.8) is 0 Å². The summed E-state index contributed by atoms with van der Waals surface area (Å²) in [6, 6.07) is 0. The van der Waals surface area contributed by atoms with E-state index in [-0.39, 0.29) is 74.4 Å². The second-order valence-corrected chi connectivity index (χ2v) is 3.88. The summed E-state index contributed by atoms with van der Waals surface area (Å²) in [6.45, 7) is -0.886. The number of ether oxygens (including phenoxy) is 1. The van der Waals surface area contributed by atoms with Gasteiger partial charge in [0.2, 0.25) is 5.76 Å². The van der Waals surface area contributed by atoms with Crippen LogP contribution in [0.5, 0.6) is 0 Å². The molecule has 0 spiro atoms. The molecule has 2 N–H and O–H groups in total. The van der Waals surface area contributed by atoms with Gasteiger partial charge < -0.3 is 38.9 Å². The van der Waals surface area contributed by atoms with Gasteiger partial charge in [-0.25, -0.2) is 4.79 Å². The van der Waals surface area contributed by atoms with Gasteiger partial charge in [-0.2, -0.15) is 0 Å². The van der Waals surface area contributed by atoms with E-state index in [9.17, 15) is 24.3 Å². The summed E-state index contributed by atoms with van der Waals surface area (Å²) >= 11 is 0. The average molecular weight is 316 g/mol. The normalized spacial score (nSPS) is 20.7. The first-order chi connectivity index (χ1) is 7.26. The van der Waals surface area contributed by atoms with Gasteiger partial charge >= 0.3 is 80.4 Å². The monoisotopic (exact) mass is 316 g/mol. The summed E-state index contributed by atoms with van der Waals surface area (Å²) in [5.74, 6) is -4.10. The summed E-state index contributed by atoms with van der Waals surface area (Å²) in [6.07, 6.45) is -3.48. The van der Waals surface area contributed by atoms with Gasteiger partial charge in [0.05, 0.1) is 6.61 Å². The Morgan fingerprint density at radius 2 is 2.00 bits per heavy atom. The molecule has 1 rings (SSSR count). The van der Waals surface area contributed by atoms with Crippen LogP contribution in [0, 0.1) is 0 Å². The number of carbonyl (C=O) groups is 1.